The maximum atomic E-state index is 13.4. The van der Waals surface area contributed by atoms with Crippen LogP contribution in [0.2, 0.25) is 0 Å². The van der Waals surface area contributed by atoms with Crippen molar-refractivity contribution in [2.45, 2.75) is 98.2 Å². The number of H-pyrrole nitrogens is 1. The third-order valence-corrected chi connectivity index (χ3v) is 6.80. The Kier molecular flexibility index (Phi) is 10.7. The smallest absolute Gasteiger partial charge is 0.343 e. The summed E-state index contributed by atoms with van der Waals surface area (Å²) in [6.07, 6.45) is 1.93. The largest absolute Gasteiger partial charge is 0.422 e. The lowest BCUT2D eigenvalue weighted by Gasteiger charge is -2.28. The van der Waals surface area contributed by atoms with Crippen LogP contribution >= 0.6 is 0 Å². The van der Waals surface area contributed by atoms with Crippen LogP contribution in [-0.4, -0.2) is 46.4 Å². The zero-order chi connectivity index (χ0) is 27.1. The molecule has 2 aliphatic rings. The Hall–Kier alpha value is -2.23. The normalized spacial score (nSPS) is 18.3. The molecule has 1 aromatic heterocycles. The minimum Gasteiger partial charge on any atom is -0.343 e. The molecule has 0 spiro atoms. The molecule has 1 unspecified atom stereocenters. The van der Waals surface area contributed by atoms with Gasteiger partial charge in [-0.25, -0.2) is 5.10 Å². The van der Waals surface area contributed by atoms with Gasteiger partial charge in [0.2, 0.25) is 5.91 Å². The summed E-state index contributed by atoms with van der Waals surface area (Å²) >= 11 is 0. The Morgan fingerprint density at radius 1 is 1.14 bits per heavy atom. The van der Waals surface area contributed by atoms with Crippen LogP contribution in [0.1, 0.15) is 102 Å². The van der Waals surface area contributed by atoms with Gasteiger partial charge in [-0.2, -0.15) is 18.3 Å². The van der Waals surface area contributed by atoms with Gasteiger partial charge in [-0.05, 0) is 50.0 Å². The highest BCUT2D eigenvalue weighted by atomic mass is 19.4. The van der Waals surface area contributed by atoms with Gasteiger partial charge < -0.3 is 10.2 Å². The number of halogens is 3. The van der Waals surface area contributed by atoms with Gasteiger partial charge in [0.1, 0.15) is 11.3 Å². The fourth-order valence-corrected chi connectivity index (χ4v) is 4.67. The first-order chi connectivity index (χ1) is 16.8. The topological polar surface area (TPSA) is 95.2 Å². The van der Waals surface area contributed by atoms with Crippen molar-refractivity contribution in [3.05, 3.63) is 27.2 Å². The first-order valence-electron chi connectivity index (χ1n) is 13.0. The van der Waals surface area contributed by atoms with E-state index in [1.165, 1.54) is 0 Å². The maximum Gasteiger partial charge on any atom is 0.422 e. The predicted octanol–water partition coefficient (Wildman–Crippen LogP) is 4.81. The first kappa shape index (κ1) is 30.0. The predicted molar refractivity (Wildman–Crippen MR) is 133 cm³/mol. The summed E-state index contributed by atoms with van der Waals surface area (Å²) in [6.45, 7) is 11.3. The Labute approximate surface area is 211 Å². The number of unbranched alkanes of at least 4 members (excludes halogenated alkanes) is 2. The third-order valence-electron chi connectivity index (χ3n) is 6.80. The standard InChI is InChI=1S/C21H33F3N4O2.C5H8O/c1-5-7-8-12-28(11-6-2)15(29)9-10-25-18-17-14(13-20(18,3)4)16(21(22,23)24)19(30)27-26-17;1-4(6)5-2-3-5/h18,25H,5-13H2,1-4H3,(H,27,30);5H,2-3H2,1H3. The molecule has 1 saturated carbocycles. The monoisotopic (exact) mass is 514 g/mol. The van der Waals surface area contributed by atoms with Crippen molar-refractivity contribution in [2.75, 3.05) is 19.6 Å². The van der Waals surface area contributed by atoms with Crippen molar-refractivity contribution in [2.24, 2.45) is 11.3 Å². The first-order valence-corrected chi connectivity index (χ1v) is 13.0. The highest BCUT2D eigenvalue weighted by molar-refractivity contribution is 5.80. The number of ketones is 1. The lowest BCUT2D eigenvalue weighted by Crippen LogP contribution is -2.37. The van der Waals surface area contributed by atoms with Gasteiger partial charge >= 0.3 is 6.18 Å². The van der Waals surface area contributed by atoms with Crippen LogP contribution in [0.4, 0.5) is 13.2 Å². The number of nitrogens with one attached hydrogen (secondary N) is 2. The van der Waals surface area contributed by atoms with E-state index in [4.69, 9.17) is 0 Å². The van der Waals surface area contributed by atoms with E-state index >= 15 is 0 Å². The number of nitrogens with zero attached hydrogens (tertiary/aromatic N) is 2. The Bertz CT molecular complexity index is 955. The number of carbonyl (C=O) groups excluding carboxylic acids is 2. The zero-order valence-corrected chi connectivity index (χ0v) is 22.2. The molecule has 1 fully saturated rings. The van der Waals surface area contributed by atoms with Gasteiger partial charge in [0, 0.05) is 32.0 Å². The van der Waals surface area contributed by atoms with E-state index in [0.717, 1.165) is 45.1 Å². The van der Waals surface area contributed by atoms with E-state index in [9.17, 15) is 27.6 Å². The van der Waals surface area contributed by atoms with E-state index in [-0.39, 0.29) is 30.0 Å². The summed E-state index contributed by atoms with van der Waals surface area (Å²) in [5.41, 5.74) is -2.77. The minimum atomic E-state index is -4.74. The molecule has 0 aliphatic heterocycles. The summed E-state index contributed by atoms with van der Waals surface area (Å²) in [5.74, 6) is 0.877. The highest BCUT2D eigenvalue weighted by Gasteiger charge is 2.47. The van der Waals surface area contributed by atoms with Gasteiger partial charge in [0.25, 0.3) is 5.56 Å². The van der Waals surface area contributed by atoms with Crippen molar-refractivity contribution in [3.63, 3.8) is 0 Å². The summed E-state index contributed by atoms with van der Waals surface area (Å²) in [6, 6.07) is -0.474. The van der Waals surface area contributed by atoms with Crippen LogP contribution in [-0.2, 0) is 22.2 Å². The highest BCUT2D eigenvalue weighted by Crippen LogP contribution is 2.46. The Morgan fingerprint density at radius 2 is 1.81 bits per heavy atom. The summed E-state index contributed by atoms with van der Waals surface area (Å²) in [4.78, 5) is 36.5. The fraction of sp³-hybridized carbons (Fsp3) is 0.769. The Balaban J connectivity index is 0.000000662. The number of fused-ring (bicyclic) bond motifs is 1. The number of hydrogen-bond donors (Lipinski definition) is 2. The molecule has 0 saturated heterocycles. The van der Waals surface area contributed by atoms with Gasteiger partial charge in [-0.3, -0.25) is 14.4 Å². The van der Waals surface area contributed by atoms with Gasteiger partial charge in [0.15, 0.2) is 0 Å². The molecular weight excluding hydrogens is 473 g/mol. The quantitative estimate of drug-likeness (QED) is 0.414. The molecule has 2 N–H and O–H groups in total. The van der Waals surface area contributed by atoms with Crippen LogP contribution in [0.15, 0.2) is 4.79 Å². The van der Waals surface area contributed by atoms with Gasteiger partial charge in [-0.1, -0.05) is 40.5 Å². The van der Waals surface area contributed by atoms with Crippen LogP contribution in [0.3, 0.4) is 0 Å². The molecule has 1 aromatic rings. The van der Waals surface area contributed by atoms with Crippen LogP contribution in [0.25, 0.3) is 0 Å². The number of hydrogen-bond acceptors (Lipinski definition) is 5. The van der Waals surface area contributed by atoms with Crippen LogP contribution < -0.4 is 10.9 Å². The SMILES string of the molecule is CC(=O)C1CC1.CCCCCN(CCC)C(=O)CCNC1c2n[nH]c(=O)c(C(F)(F)F)c2CC1(C)C. The van der Waals surface area contributed by atoms with Crippen molar-refractivity contribution in [3.8, 4) is 0 Å². The summed E-state index contributed by atoms with van der Waals surface area (Å²) in [7, 11) is 0. The molecular formula is C26H41F3N4O3. The van der Waals surface area contributed by atoms with E-state index in [0.29, 0.717) is 24.8 Å². The second-order valence-corrected chi connectivity index (χ2v) is 10.6. The number of Topliss-reactive ketones (excluding diaryl/α,β-unsaturated/α-hetero) is 1. The van der Waals surface area contributed by atoms with Crippen LogP contribution in [0, 0.1) is 11.3 Å². The maximum absolute atomic E-state index is 13.4. The van der Waals surface area contributed by atoms with E-state index in [1.54, 1.807) is 6.92 Å². The molecule has 1 heterocycles. The average Bonchev–Trinajstić information content (AvgIpc) is 3.58. The summed E-state index contributed by atoms with van der Waals surface area (Å²) in [5, 5.41) is 9.15. The molecule has 1 atom stereocenters. The number of carbonyl (C=O) groups is 2. The van der Waals surface area contributed by atoms with Crippen molar-refractivity contribution >= 4 is 11.7 Å². The third kappa shape index (κ3) is 8.15. The molecule has 7 nitrogen and oxygen atoms in total. The average molecular weight is 515 g/mol. The van der Waals surface area contributed by atoms with Crippen LogP contribution in [0.5, 0.6) is 0 Å². The molecule has 1 amide bonds. The number of alkyl halides is 3. The lowest BCUT2D eigenvalue weighted by atomic mass is 9.85. The molecule has 0 bridgehead atoms. The van der Waals surface area contributed by atoms with E-state index in [2.05, 4.69) is 17.3 Å². The van der Waals surface area contributed by atoms with Crippen molar-refractivity contribution < 1.29 is 22.8 Å². The molecule has 3 rings (SSSR count). The molecule has 204 valence electrons. The zero-order valence-electron chi connectivity index (χ0n) is 22.2. The Morgan fingerprint density at radius 3 is 2.31 bits per heavy atom. The van der Waals surface area contributed by atoms with Crippen molar-refractivity contribution in [1.29, 1.82) is 0 Å². The number of rotatable bonds is 11. The second kappa shape index (κ2) is 12.8. The minimum absolute atomic E-state index is 0.0434. The molecule has 0 aromatic carbocycles. The molecule has 0 radical (unpaired) electrons. The fourth-order valence-electron chi connectivity index (χ4n) is 4.67. The molecule has 10 heteroatoms. The lowest BCUT2D eigenvalue weighted by molar-refractivity contribution is -0.139. The number of aromatic nitrogens is 2. The van der Waals surface area contributed by atoms with Gasteiger partial charge in [-0.15, -0.1) is 0 Å². The molecule has 2 aliphatic carbocycles. The number of amides is 1. The molecule has 36 heavy (non-hydrogen) atoms. The summed E-state index contributed by atoms with van der Waals surface area (Å²) < 4.78 is 40.2. The number of aromatic amines is 1. The van der Waals surface area contributed by atoms with Gasteiger partial charge in [0.05, 0.1) is 11.7 Å². The van der Waals surface area contributed by atoms with E-state index in [1.807, 2.05) is 30.8 Å². The van der Waals surface area contributed by atoms with Crippen molar-refractivity contribution in [1.82, 2.24) is 20.4 Å². The van der Waals surface area contributed by atoms with E-state index < -0.39 is 28.8 Å². The second-order valence-electron chi connectivity index (χ2n) is 10.6.